The first kappa shape index (κ1) is 21.5. The zero-order chi connectivity index (χ0) is 21.3. The van der Waals surface area contributed by atoms with Gasteiger partial charge in [-0.15, -0.1) is 11.3 Å². The Balaban J connectivity index is 2.18. The van der Waals surface area contributed by atoms with E-state index in [0.29, 0.717) is 29.9 Å². The molecule has 2 aromatic heterocycles. The monoisotopic (exact) mass is 426 g/mol. The van der Waals surface area contributed by atoms with Gasteiger partial charge in [0.15, 0.2) is 0 Å². The number of carbonyl (C=O) groups excluding carboxylic acids is 1. The number of hydrogen-bond donors (Lipinski definition) is 1. The molecule has 0 radical (unpaired) electrons. The van der Waals surface area contributed by atoms with Gasteiger partial charge >= 0.3 is 11.7 Å². The zero-order valence-electron chi connectivity index (χ0n) is 17.2. The molecule has 160 valence electrons. The Bertz CT molecular complexity index is 1040. The summed E-state index contributed by atoms with van der Waals surface area (Å²) in [6.07, 6.45) is 0.182. The number of nitrogens with zero attached hydrogens (tertiary/aromatic N) is 3. The number of thiophene rings is 1. The predicted octanol–water partition coefficient (Wildman–Crippen LogP) is 1.84. The smallest absolute Gasteiger partial charge is 0.332 e. The summed E-state index contributed by atoms with van der Waals surface area (Å²) in [6, 6.07) is -0.143. The largest absolute Gasteiger partial charge is 0.377 e. The normalized spacial score (nSPS) is 14.8. The van der Waals surface area contributed by atoms with Crippen molar-refractivity contribution in [2.24, 2.45) is 0 Å². The third-order valence-electron chi connectivity index (χ3n) is 5.28. The number of nitrogens with one attached hydrogen (secondary N) is 1. The second-order valence-corrected chi connectivity index (χ2v) is 8.90. The maximum absolute atomic E-state index is 13.2. The van der Waals surface area contributed by atoms with Crippen molar-refractivity contribution in [2.45, 2.75) is 52.4 Å². The standard InChI is InChI=1S/C19H27FN4O4S/c1-12-13(10-22-9-7-21-17(22)26)29-16-14(12)15(25)24(11-19(2,3)28-4)18(27)23(16)8-5-6-20/h5-11H2,1-4H3,(H,21,26). The van der Waals surface area contributed by atoms with Crippen LogP contribution in [0, 0.1) is 6.92 Å². The van der Waals surface area contributed by atoms with Crippen LogP contribution in [0.5, 0.6) is 0 Å². The molecule has 10 heteroatoms. The van der Waals surface area contributed by atoms with Gasteiger partial charge in [0.25, 0.3) is 5.56 Å². The summed E-state index contributed by atoms with van der Waals surface area (Å²) in [5, 5.41) is 3.21. The molecule has 1 saturated heterocycles. The minimum Gasteiger partial charge on any atom is -0.377 e. The van der Waals surface area contributed by atoms with Gasteiger partial charge in [-0.25, -0.2) is 9.59 Å². The molecule has 1 fully saturated rings. The fourth-order valence-electron chi connectivity index (χ4n) is 3.43. The Labute approximate surface area is 171 Å². The second-order valence-electron chi connectivity index (χ2n) is 7.82. The van der Waals surface area contributed by atoms with Gasteiger partial charge in [0, 0.05) is 31.6 Å². The number of urea groups is 1. The molecule has 1 N–H and O–H groups in total. The van der Waals surface area contributed by atoms with E-state index in [1.165, 1.54) is 27.6 Å². The minimum atomic E-state index is -0.713. The van der Waals surface area contributed by atoms with Crippen LogP contribution >= 0.6 is 11.3 Å². The molecule has 2 aromatic rings. The Morgan fingerprint density at radius 1 is 1.24 bits per heavy atom. The van der Waals surface area contributed by atoms with E-state index in [4.69, 9.17) is 4.74 Å². The molecule has 0 unspecified atom stereocenters. The number of rotatable bonds is 8. The van der Waals surface area contributed by atoms with Gasteiger partial charge in [0.05, 0.1) is 30.8 Å². The number of hydrogen-bond acceptors (Lipinski definition) is 5. The van der Waals surface area contributed by atoms with Crippen LogP contribution in [0.4, 0.5) is 9.18 Å². The molecule has 8 nitrogen and oxygen atoms in total. The van der Waals surface area contributed by atoms with Crippen molar-refractivity contribution in [3.8, 4) is 0 Å². The van der Waals surface area contributed by atoms with Crippen LogP contribution in [0.15, 0.2) is 9.59 Å². The van der Waals surface area contributed by atoms with Gasteiger partial charge in [0.2, 0.25) is 0 Å². The van der Waals surface area contributed by atoms with Crippen LogP contribution in [0.3, 0.4) is 0 Å². The van der Waals surface area contributed by atoms with Gasteiger partial charge in [0.1, 0.15) is 4.83 Å². The lowest BCUT2D eigenvalue weighted by molar-refractivity contribution is 0.00623. The highest BCUT2D eigenvalue weighted by Crippen LogP contribution is 2.29. The van der Waals surface area contributed by atoms with Gasteiger partial charge in [-0.3, -0.25) is 18.3 Å². The van der Waals surface area contributed by atoms with Crippen molar-refractivity contribution in [1.29, 1.82) is 0 Å². The molecule has 3 rings (SSSR count). The van der Waals surface area contributed by atoms with E-state index < -0.39 is 18.0 Å². The zero-order valence-corrected chi connectivity index (χ0v) is 18.0. The van der Waals surface area contributed by atoms with E-state index in [9.17, 15) is 18.8 Å². The summed E-state index contributed by atoms with van der Waals surface area (Å²) in [5.41, 5.74) is -0.799. The van der Waals surface area contributed by atoms with Crippen LogP contribution in [0.1, 0.15) is 30.7 Å². The van der Waals surface area contributed by atoms with Crippen molar-refractivity contribution < 1.29 is 13.9 Å². The Morgan fingerprint density at radius 3 is 2.55 bits per heavy atom. The lowest BCUT2D eigenvalue weighted by atomic mass is 10.1. The fraction of sp³-hybridized carbons (Fsp3) is 0.632. The van der Waals surface area contributed by atoms with Gasteiger partial charge in [-0.05, 0) is 32.8 Å². The topological polar surface area (TPSA) is 85.6 Å². The fourth-order valence-corrected chi connectivity index (χ4v) is 4.76. The number of ether oxygens (including phenoxy) is 1. The molecule has 0 aromatic carbocycles. The highest BCUT2D eigenvalue weighted by molar-refractivity contribution is 7.18. The summed E-state index contributed by atoms with van der Waals surface area (Å²) in [7, 11) is 1.53. The Morgan fingerprint density at radius 2 is 1.97 bits per heavy atom. The SMILES string of the molecule is COC(C)(C)Cn1c(=O)c2c(C)c(CN3CCNC3=O)sc2n(CCCF)c1=O. The predicted molar refractivity (Wildman–Crippen MR) is 111 cm³/mol. The van der Waals surface area contributed by atoms with E-state index in [-0.39, 0.29) is 31.1 Å². The average Bonchev–Trinajstić information content (AvgIpc) is 3.22. The van der Waals surface area contributed by atoms with Gasteiger partial charge in [-0.1, -0.05) is 0 Å². The average molecular weight is 427 g/mol. The summed E-state index contributed by atoms with van der Waals surface area (Å²) in [5.74, 6) is 0. The molecule has 0 bridgehead atoms. The summed E-state index contributed by atoms with van der Waals surface area (Å²) >= 11 is 1.32. The molecule has 0 saturated carbocycles. The van der Waals surface area contributed by atoms with Crippen LogP contribution in [0.25, 0.3) is 10.2 Å². The Hall–Kier alpha value is -2.20. The number of fused-ring (bicyclic) bond motifs is 1. The van der Waals surface area contributed by atoms with E-state index >= 15 is 0 Å². The molecule has 0 aliphatic carbocycles. The number of aryl methyl sites for hydroxylation is 2. The van der Waals surface area contributed by atoms with E-state index in [1.54, 1.807) is 18.7 Å². The molecule has 2 amide bonds. The lowest BCUT2D eigenvalue weighted by Gasteiger charge is -2.24. The number of carbonyl (C=O) groups is 1. The van der Waals surface area contributed by atoms with Gasteiger partial charge < -0.3 is 15.0 Å². The summed E-state index contributed by atoms with van der Waals surface area (Å²) in [6.45, 7) is 6.70. The number of amides is 2. The molecule has 1 aliphatic heterocycles. The van der Waals surface area contributed by atoms with Crippen molar-refractivity contribution in [3.63, 3.8) is 0 Å². The van der Waals surface area contributed by atoms with Crippen molar-refractivity contribution >= 4 is 27.6 Å². The third-order valence-corrected chi connectivity index (χ3v) is 6.58. The van der Waals surface area contributed by atoms with Gasteiger partial charge in [-0.2, -0.15) is 0 Å². The molecule has 3 heterocycles. The molecule has 1 aliphatic rings. The minimum absolute atomic E-state index is 0.0892. The summed E-state index contributed by atoms with van der Waals surface area (Å²) < 4.78 is 20.9. The van der Waals surface area contributed by atoms with Crippen LogP contribution in [-0.2, 0) is 24.4 Å². The number of aromatic nitrogens is 2. The highest BCUT2D eigenvalue weighted by Gasteiger charge is 2.26. The quantitative estimate of drug-likeness (QED) is 0.698. The van der Waals surface area contributed by atoms with E-state index in [0.717, 1.165) is 10.4 Å². The van der Waals surface area contributed by atoms with E-state index in [1.807, 2.05) is 6.92 Å². The first-order valence-corrected chi connectivity index (χ1v) is 10.4. The van der Waals surface area contributed by atoms with Crippen LogP contribution in [0.2, 0.25) is 0 Å². The maximum Gasteiger partial charge on any atom is 0.332 e. The number of methoxy groups -OCH3 is 1. The maximum atomic E-state index is 13.2. The molecule has 0 spiro atoms. The first-order chi connectivity index (χ1) is 13.7. The first-order valence-electron chi connectivity index (χ1n) is 9.59. The van der Waals surface area contributed by atoms with Crippen molar-refractivity contribution in [1.82, 2.24) is 19.4 Å². The second kappa shape index (κ2) is 8.27. The van der Waals surface area contributed by atoms with Crippen molar-refractivity contribution in [3.05, 3.63) is 31.3 Å². The number of alkyl halides is 1. The Kier molecular flexibility index (Phi) is 6.13. The lowest BCUT2D eigenvalue weighted by Crippen LogP contribution is -2.45. The van der Waals surface area contributed by atoms with Crippen LogP contribution in [-0.4, -0.2) is 52.5 Å². The molecule has 29 heavy (non-hydrogen) atoms. The van der Waals surface area contributed by atoms with Crippen molar-refractivity contribution in [2.75, 3.05) is 26.9 Å². The third kappa shape index (κ3) is 4.09. The summed E-state index contributed by atoms with van der Waals surface area (Å²) in [4.78, 5) is 41.3. The molecular weight excluding hydrogens is 399 g/mol. The van der Waals surface area contributed by atoms with E-state index in [2.05, 4.69) is 5.32 Å². The number of halogens is 1. The highest BCUT2D eigenvalue weighted by atomic mass is 32.1. The van der Waals surface area contributed by atoms with Crippen LogP contribution < -0.4 is 16.6 Å². The molecule has 0 atom stereocenters. The molecular formula is C19H27FN4O4S.